The summed E-state index contributed by atoms with van der Waals surface area (Å²) in [5, 5.41) is 6.08. The first-order valence-electron chi connectivity index (χ1n) is 6.41. The molecule has 0 saturated carbocycles. The predicted octanol–water partition coefficient (Wildman–Crippen LogP) is 2.03. The Hall–Kier alpha value is -2.44. The van der Waals surface area contributed by atoms with Crippen molar-refractivity contribution >= 4 is 17.8 Å². The van der Waals surface area contributed by atoms with Crippen LogP contribution in [0.3, 0.4) is 0 Å². The van der Waals surface area contributed by atoms with Gasteiger partial charge in [-0.1, -0.05) is 19.1 Å². The minimum absolute atomic E-state index is 0.153. The summed E-state index contributed by atoms with van der Waals surface area (Å²) < 4.78 is 12.8. The molecular formula is C13H17FN6. The van der Waals surface area contributed by atoms with Crippen LogP contribution in [0.5, 0.6) is 0 Å². The second-order valence-electron chi connectivity index (χ2n) is 4.25. The molecule has 1 heterocycles. The molecule has 0 aliphatic heterocycles. The smallest absolute Gasteiger partial charge is 0.229 e. The van der Waals surface area contributed by atoms with Crippen molar-refractivity contribution in [2.24, 2.45) is 0 Å². The summed E-state index contributed by atoms with van der Waals surface area (Å²) in [6.45, 7) is 3.29. The Morgan fingerprint density at radius 2 is 1.70 bits per heavy atom. The van der Waals surface area contributed by atoms with E-state index in [4.69, 9.17) is 5.73 Å². The van der Waals surface area contributed by atoms with Gasteiger partial charge in [0, 0.05) is 13.1 Å². The van der Waals surface area contributed by atoms with Gasteiger partial charge in [0.2, 0.25) is 17.8 Å². The maximum Gasteiger partial charge on any atom is 0.229 e. The van der Waals surface area contributed by atoms with Crippen molar-refractivity contribution in [2.45, 2.75) is 19.9 Å². The highest BCUT2D eigenvalue weighted by Crippen LogP contribution is 2.09. The maximum atomic E-state index is 12.8. The number of nitrogens with one attached hydrogen (secondary N) is 2. The minimum atomic E-state index is -0.260. The normalized spacial score (nSPS) is 10.3. The fourth-order valence-corrected chi connectivity index (χ4v) is 1.57. The van der Waals surface area contributed by atoms with E-state index in [0.29, 0.717) is 18.4 Å². The Bertz CT molecular complexity index is 557. The number of nitrogens with two attached hydrogens (primary N) is 1. The number of hydrogen-bond donors (Lipinski definition) is 3. The fourth-order valence-electron chi connectivity index (χ4n) is 1.57. The second kappa shape index (κ2) is 6.65. The van der Waals surface area contributed by atoms with Crippen LogP contribution in [0.2, 0.25) is 0 Å². The topological polar surface area (TPSA) is 88.8 Å². The number of halogens is 1. The molecule has 0 radical (unpaired) electrons. The van der Waals surface area contributed by atoms with Gasteiger partial charge >= 0.3 is 0 Å². The van der Waals surface area contributed by atoms with Gasteiger partial charge in [0.15, 0.2) is 0 Å². The Kier molecular flexibility index (Phi) is 4.65. The first-order valence-corrected chi connectivity index (χ1v) is 6.41. The quantitative estimate of drug-likeness (QED) is 0.748. The van der Waals surface area contributed by atoms with E-state index in [9.17, 15) is 4.39 Å². The molecule has 0 spiro atoms. The summed E-state index contributed by atoms with van der Waals surface area (Å²) >= 11 is 0. The van der Waals surface area contributed by atoms with Crippen LogP contribution in [0.25, 0.3) is 0 Å². The van der Waals surface area contributed by atoms with Crippen LogP contribution < -0.4 is 16.4 Å². The lowest BCUT2D eigenvalue weighted by atomic mass is 10.2. The van der Waals surface area contributed by atoms with Crippen LogP contribution in [0.4, 0.5) is 22.2 Å². The van der Waals surface area contributed by atoms with Crippen LogP contribution in [0, 0.1) is 5.82 Å². The van der Waals surface area contributed by atoms with E-state index in [0.717, 1.165) is 18.5 Å². The molecule has 2 rings (SSSR count). The van der Waals surface area contributed by atoms with E-state index in [1.54, 1.807) is 12.1 Å². The lowest BCUT2D eigenvalue weighted by Gasteiger charge is -2.08. The molecule has 0 aliphatic rings. The highest BCUT2D eigenvalue weighted by Gasteiger charge is 2.03. The Morgan fingerprint density at radius 1 is 1.05 bits per heavy atom. The Labute approximate surface area is 116 Å². The number of anilines is 3. The highest BCUT2D eigenvalue weighted by atomic mass is 19.1. The SMILES string of the molecule is CCCNc1nc(N)nc(NCc2ccc(F)cc2)n1. The zero-order valence-electron chi connectivity index (χ0n) is 11.2. The van der Waals surface area contributed by atoms with Crippen molar-refractivity contribution in [1.82, 2.24) is 15.0 Å². The van der Waals surface area contributed by atoms with E-state index >= 15 is 0 Å². The van der Waals surface area contributed by atoms with Gasteiger partial charge in [-0.2, -0.15) is 15.0 Å². The molecule has 7 heteroatoms. The molecular weight excluding hydrogens is 259 g/mol. The molecule has 0 saturated heterocycles. The summed E-state index contributed by atoms with van der Waals surface area (Å²) in [7, 11) is 0. The van der Waals surface area contributed by atoms with Crippen LogP contribution in [0.1, 0.15) is 18.9 Å². The van der Waals surface area contributed by atoms with Gasteiger partial charge in [0.1, 0.15) is 5.82 Å². The number of nitrogen functional groups attached to an aromatic ring is 1. The third-order valence-electron chi connectivity index (χ3n) is 2.55. The van der Waals surface area contributed by atoms with E-state index in [-0.39, 0.29) is 11.8 Å². The van der Waals surface area contributed by atoms with E-state index in [1.807, 2.05) is 6.92 Å². The minimum Gasteiger partial charge on any atom is -0.368 e. The first-order chi connectivity index (χ1) is 9.67. The summed E-state index contributed by atoms with van der Waals surface area (Å²) in [5.41, 5.74) is 6.55. The van der Waals surface area contributed by atoms with Crippen LogP contribution >= 0.6 is 0 Å². The molecule has 0 fully saturated rings. The molecule has 0 bridgehead atoms. The number of rotatable bonds is 6. The average Bonchev–Trinajstić information content (AvgIpc) is 2.44. The van der Waals surface area contributed by atoms with Crippen LogP contribution in [-0.4, -0.2) is 21.5 Å². The number of benzene rings is 1. The first kappa shape index (κ1) is 14.0. The summed E-state index contributed by atoms with van der Waals surface area (Å²) in [5.74, 6) is 0.728. The van der Waals surface area contributed by atoms with Crippen LogP contribution in [0.15, 0.2) is 24.3 Å². The molecule has 6 nitrogen and oxygen atoms in total. The third kappa shape index (κ3) is 4.04. The van der Waals surface area contributed by atoms with Gasteiger partial charge in [-0.15, -0.1) is 0 Å². The van der Waals surface area contributed by atoms with Crippen LogP contribution in [-0.2, 0) is 6.54 Å². The standard InChI is InChI=1S/C13H17FN6/c1-2-7-16-12-18-11(15)19-13(20-12)17-8-9-3-5-10(14)6-4-9/h3-6H,2,7-8H2,1H3,(H4,15,16,17,18,19,20). The monoisotopic (exact) mass is 276 g/mol. The lowest BCUT2D eigenvalue weighted by molar-refractivity contribution is 0.627. The molecule has 0 amide bonds. The largest absolute Gasteiger partial charge is 0.368 e. The molecule has 1 aromatic heterocycles. The highest BCUT2D eigenvalue weighted by molar-refractivity contribution is 5.40. The van der Waals surface area contributed by atoms with Gasteiger partial charge in [0.05, 0.1) is 0 Å². The van der Waals surface area contributed by atoms with Crippen molar-refractivity contribution in [1.29, 1.82) is 0 Å². The zero-order valence-corrected chi connectivity index (χ0v) is 11.2. The van der Waals surface area contributed by atoms with Crippen molar-refractivity contribution in [3.8, 4) is 0 Å². The fraction of sp³-hybridized carbons (Fsp3) is 0.308. The van der Waals surface area contributed by atoms with Crippen molar-refractivity contribution in [3.05, 3.63) is 35.6 Å². The summed E-state index contributed by atoms with van der Waals surface area (Å²) in [6.07, 6.45) is 0.962. The van der Waals surface area contributed by atoms with Gasteiger partial charge in [0.25, 0.3) is 0 Å². The molecule has 4 N–H and O–H groups in total. The number of aromatic nitrogens is 3. The van der Waals surface area contributed by atoms with E-state index in [1.165, 1.54) is 12.1 Å². The molecule has 1 aromatic carbocycles. The predicted molar refractivity (Wildman–Crippen MR) is 76.7 cm³/mol. The van der Waals surface area contributed by atoms with E-state index < -0.39 is 0 Å². The number of nitrogens with zero attached hydrogens (tertiary/aromatic N) is 3. The molecule has 0 unspecified atom stereocenters. The molecule has 0 atom stereocenters. The Morgan fingerprint density at radius 3 is 2.35 bits per heavy atom. The van der Waals surface area contributed by atoms with Crippen molar-refractivity contribution < 1.29 is 4.39 Å². The van der Waals surface area contributed by atoms with Crippen molar-refractivity contribution in [3.63, 3.8) is 0 Å². The van der Waals surface area contributed by atoms with Gasteiger partial charge in [-0.25, -0.2) is 4.39 Å². The van der Waals surface area contributed by atoms with Gasteiger partial charge in [-0.3, -0.25) is 0 Å². The average molecular weight is 276 g/mol. The maximum absolute atomic E-state index is 12.8. The number of hydrogen-bond acceptors (Lipinski definition) is 6. The summed E-state index contributed by atoms with van der Waals surface area (Å²) in [6, 6.07) is 6.21. The molecule has 0 aliphatic carbocycles. The zero-order chi connectivity index (χ0) is 14.4. The Balaban J connectivity index is 2.01. The summed E-state index contributed by atoms with van der Waals surface area (Å²) in [4.78, 5) is 12.2. The lowest BCUT2D eigenvalue weighted by Crippen LogP contribution is -2.11. The second-order valence-corrected chi connectivity index (χ2v) is 4.25. The molecule has 2 aromatic rings. The third-order valence-corrected chi connectivity index (χ3v) is 2.55. The van der Waals surface area contributed by atoms with E-state index in [2.05, 4.69) is 25.6 Å². The molecule has 20 heavy (non-hydrogen) atoms. The van der Waals surface area contributed by atoms with Gasteiger partial charge in [-0.05, 0) is 24.1 Å². The van der Waals surface area contributed by atoms with Gasteiger partial charge < -0.3 is 16.4 Å². The van der Waals surface area contributed by atoms with Crippen molar-refractivity contribution in [2.75, 3.05) is 22.9 Å². The molecule has 106 valence electrons.